The van der Waals surface area contributed by atoms with Crippen LogP contribution >= 0.6 is 23.4 Å². The minimum atomic E-state index is -0.262. The molecule has 1 amide bonds. The van der Waals surface area contributed by atoms with Crippen molar-refractivity contribution in [3.05, 3.63) is 107 Å². The molecule has 4 nitrogen and oxygen atoms in total. The average molecular weight is 437 g/mol. The van der Waals surface area contributed by atoms with Crippen LogP contribution in [-0.2, 0) is 5.75 Å². The van der Waals surface area contributed by atoms with Gasteiger partial charge >= 0.3 is 0 Å². The molecular weight excluding hydrogens is 416 g/mol. The number of carbonyl (C=O) groups is 1. The number of ether oxygens (including phenoxy) is 1. The molecule has 0 heterocycles. The Morgan fingerprint density at radius 2 is 1.87 bits per heavy atom. The molecule has 6 heteroatoms. The van der Waals surface area contributed by atoms with Crippen molar-refractivity contribution >= 4 is 35.5 Å². The van der Waals surface area contributed by atoms with Crippen molar-refractivity contribution < 1.29 is 9.53 Å². The molecule has 0 aromatic heterocycles. The predicted molar refractivity (Wildman–Crippen MR) is 125 cm³/mol. The molecule has 0 bridgehead atoms. The maximum atomic E-state index is 12.3. The molecule has 0 radical (unpaired) electrons. The first kappa shape index (κ1) is 21.7. The molecule has 3 aromatic rings. The lowest BCUT2D eigenvalue weighted by atomic mass is 10.1. The fourth-order valence-electron chi connectivity index (χ4n) is 2.52. The second-order valence-electron chi connectivity index (χ2n) is 6.31. The summed E-state index contributed by atoms with van der Waals surface area (Å²) in [6.45, 7) is 4.06. The number of thioether (sulfide) groups is 1. The molecule has 0 saturated carbocycles. The van der Waals surface area contributed by atoms with E-state index in [0.29, 0.717) is 12.2 Å². The Balaban J connectivity index is 1.51. The van der Waals surface area contributed by atoms with Crippen molar-refractivity contribution in [3.8, 4) is 5.75 Å². The summed E-state index contributed by atoms with van der Waals surface area (Å²) in [4.78, 5) is 13.4. The zero-order valence-corrected chi connectivity index (χ0v) is 17.8. The second kappa shape index (κ2) is 11.2. The van der Waals surface area contributed by atoms with Gasteiger partial charge in [-0.1, -0.05) is 48.5 Å². The van der Waals surface area contributed by atoms with E-state index in [0.717, 1.165) is 32.5 Å². The van der Waals surface area contributed by atoms with Gasteiger partial charge in [0, 0.05) is 21.2 Å². The number of carbonyl (C=O) groups excluding carboxylic acids is 1. The van der Waals surface area contributed by atoms with E-state index in [-0.39, 0.29) is 5.91 Å². The molecule has 1 N–H and O–H groups in total. The highest BCUT2D eigenvalue weighted by Crippen LogP contribution is 2.24. The number of hydrogen-bond acceptors (Lipinski definition) is 4. The molecule has 30 heavy (non-hydrogen) atoms. The Labute approximate surface area is 185 Å². The van der Waals surface area contributed by atoms with Crippen LogP contribution in [0.25, 0.3) is 0 Å². The highest BCUT2D eigenvalue weighted by molar-refractivity contribution is 7.98. The van der Waals surface area contributed by atoms with E-state index >= 15 is 0 Å². The lowest BCUT2D eigenvalue weighted by Gasteiger charge is -2.05. The molecule has 0 spiro atoms. The van der Waals surface area contributed by atoms with Gasteiger partial charge in [-0.05, 0) is 59.7 Å². The molecule has 0 aliphatic carbocycles. The summed E-state index contributed by atoms with van der Waals surface area (Å²) in [7, 11) is 0. The number of halogens is 1. The average Bonchev–Trinajstić information content (AvgIpc) is 2.78. The Kier molecular flexibility index (Phi) is 8.12. The molecule has 152 valence electrons. The van der Waals surface area contributed by atoms with Gasteiger partial charge in [0.15, 0.2) is 0 Å². The summed E-state index contributed by atoms with van der Waals surface area (Å²) in [5.74, 6) is 1.27. The highest BCUT2D eigenvalue weighted by Gasteiger charge is 2.04. The number of amides is 1. The Hall–Kier alpha value is -3.02. The Bertz CT molecular complexity index is 1020. The second-order valence-corrected chi connectivity index (χ2v) is 7.80. The summed E-state index contributed by atoms with van der Waals surface area (Å²) in [5, 5.41) is 4.76. The third kappa shape index (κ3) is 6.79. The predicted octanol–water partition coefficient (Wildman–Crippen LogP) is 5.96. The van der Waals surface area contributed by atoms with Gasteiger partial charge in [-0.3, -0.25) is 4.79 Å². The summed E-state index contributed by atoms with van der Waals surface area (Å²) in [6, 6.07) is 22.7. The van der Waals surface area contributed by atoms with Gasteiger partial charge in [-0.25, -0.2) is 5.43 Å². The van der Waals surface area contributed by atoms with Gasteiger partial charge in [0.1, 0.15) is 12.4 Å². The molecule has 3 aromatic carbocycles. The minimum absolute atomic E-state index is 0.262. The summed E-state index contributed by atoms with van der Waals surface area (Å²) in [5.41, 5.74) is 5.06. The highest BCUT2D eigenvalue weighted by atomic mass is 35.5. The van der Waals surface area contributed by atoms with Crippen molar-refractivity contribution in [2.75, 3.05) is 6.61 Å². The zero-order valence-electron chi connectivity index (χ0n) is 16.3. The van der Waals surface area contributed by atoms with Crippen LogP contribution in [0.4, 0.5) is 0 Å². The van der Waals surface area contributed by atoms with Crippen molar-refractivity contribution in [1.29, 1.82) is 0 Å². The SMILES string of the molecule is C=CCOc1cccc(/C=N/NC(=O)c2ccc(CSc3ccc(Cl)cc3)cc2)c1. The maximum absolute atomic E-state index is 12.3. The minimum Gasteiger partial charge on any atom is -0.490 e. The van der Waals surface area contributed by atoms with Crippen molar-refractivity contribution in [2.24, 2.45) is 5.10 Å². The fourth-order valence-corrected chi connectivity index (χ4v) is 3.50. The normalized spacial score (nSPS) is 10.7. The number of rotatable bonds is 9. The third-order valence-corrected chi connectivity index (χ3v) is 5.38. The van der Waals surface area contributed by atoms with Gasteiger partial charge in [-0.2, -0.15) is 5.10 Å². The van der Waals surface area contributed by atoms with Crippen LogP contribution in [0.2, 0.25) is 5.02 Å². The smallest absolute Gasteiger partial charge is 0.271 e. The molecule has 0 atom stereocenters. The Morgan fingerprint density at radius 3 is 2.60 bits per heavy atom. The van der Waals surface area contributed by atoms with Crippen LogP contribution in [-0.4, -0.2) is 18.7 Å². The van der Waals surface area contributed by atoms with Crippen molar-refractivity contribution in [1.82, 2.24) is 5.43 Å². The van der Waals surface area contributed by atoms with Crippen LogP contribution in [0.3, 0.4) is 0 Å². The van der Waals surface area contributed by atoms with E-state index in [9.17, 15) is 4.79 Å². The Morgan fingerprint density at radius 1 is 1.10 bits per heavy atom. The number of hydrazone groups is 1. The van der Waals surface area contributed by atoms with Gasteiger partial charge in [0.25, 0.3) is 5.91 Å². The summed E-state index contributed by atoms with van der Waals surface area (Å²) >= 11 is 7.62. The molecule has 0 fully saturated rings. The van der Waals surface area contributed by atoms with Gasteiger partial charge in [-0.15, -0.1) is 11.8 Å². The van der Waals surface area contributed by atoms with E-state index in [4.69, 9.17) is 16.3 Å². The van der Waals surface area contributed by atoms with Crippen molar-refractivity contribution in [2.45, 2.75) is 10.6 Å². The fraction of sp³-hybridized carbons (Fsp3) is 0.0833. The number of hydrogen-bond donors (Lipinski definition) is 1. The lowest BCUT2D eigenvalue weighted by Crippen LogP contribution is -2.17. The number of nitrogens with zero attached hydrogens (tertiary/aromatic N) is 1. The van der Waals surface area contributed by atoms with Crippen LogP contribution in [0.1, 0.15) is 21.5 Å². The monoisotopic (exact) mass is 436 g/mol. The zero-order chi connectivity index (χ0) is 21.2. The van der Waals surface area contributed by atoms with Crippen molar-refractivity contribution in [3.63, 3.8) is 0 Å². The molecule has 0 unspecified atom stereocenters. The third-order valence-electron chi connectivity index (χ3n) is 4.04. The van der Waals surface area contributed by atoms with Crippen LogP contribution in [0.15, 0.2) is 95.4 Å². The molecule has 0 aliphatic rings. The number of nitrogens with one attached hydrogen (secondary N) is 1. The molecular formula is C24H21ClN2O2S. The first-order chi connectivity index (χ1) is 14.6. The summed E-state index contributed by atoms with van der Waals surface area (Å²) in [6.07, 6.45) is 3.26. The van der Waals surface area contributed by atoms with E-state index in [2.05, 4.69) is 17.1 Å². The first-order valence-electron chi connectivity index (χ1n) is 9.28. The van der Waals surface area contributed by atoms with E-state index < -0.39 is 0 Å². The van der Waals surface area contributed by atoms with Gasteiger partial charge < -0.3 is 4.74 Å². The van der Waals surface area contributed by atoms with E-state index in [1.54, 1.807) is 36.2 Å². The lowest BCUT2D eigenvalue weighted by molar-refractivity contribution is 0.0955. The maximum Gasteiger partial charge on any atom is 0.271 e. The quantitative estimate of drug-likeness (QED) is 0.195. The molecule has 0 aliphatic heterocycles. The van der Waals surface area contributed by atoms with Gasteiger partial charge in [0.2, 0.25) is 0 Å². The van der Waals surface area contributed by atoms with E-state index in [1.807, 2.05) is 60.7 Å². The van der Waals surface area contributed by atoms with Crippen LogP contribution < -0.4 is 10.2 Å². The standard InChI is InChI=1S/C24H21ClN2O2S/c1-2-14-29-22-5-3-4-19(15-22)16-26-27-24(28)20-8-6-18(7-9-20)17-30-23-12-10-21(25)11-13-23/h2-13,15-16H,1,14,17H2,(H,27,28)/b26-16+. The van der Waals surface area contributed by atoms with Gasteiger partial charge in [0.05, 0.1) is 6.21 Å². The first-order valence-corrected chi connectivity index (χ1v) is 10.6. The molecule has 0 saturated heterocycles. The number of benzene rings is 3. The van der Waals surface area contributed by atoms with Crippen LogP contribution in [0, 0.1) is 0 Å². The van der Waals surface area contributed by atoms with E-state index in [1.165, 1.54) is 0 Å². The van der Waals surface area contributed by atoms with Crippen LogP contribution in [0.5, 0.6) is 5.75 Å². The molecule has 3 rings (SSSR count). The largest absolute Gasteiger partial charge is 0.490 e. The summed E-state index contributed by atoms with van der Waals surface area (Å²) < 4.78 is 5.48. The topological polar surface area (TPSA) is 50.7 Å².